The second kappa shape index (κ2) is 8.14. The van der Waals surface area contributed by atoms with Crippen molar-refractivity contribution in [3.8, 4) is 11.4 Å². The molecule has 0 aromatic carbocycles. The van der Waals surface area contributed by atoms with Crippen LogP contribution in [0.2, 0.25) is 0 Å². The van der Waals surface area contributed by atoms with E-state index in [1.165, 1.54) is 24.8 Å². The standard InChI is InChI=1S/C15H15N3O3S/c1-11(19)6-9-21-14(20)10-22-15-17-8-5-13(18-15)12-4-2-3-7-16-12/h2-8,19H,9-10H2,1H3/b11-6-. The summed E-state index contributed by atoms with van der Waals surface area (Å²) in [5.74, 6) is -0.175. The Morgan fingerprint density at radius 1 is 1.27 bits per heavy atom. The third-order valence-electron chi connectivity index (χ3n) is 2.50. The summed E-state index contributed by atoms with van der Waals surface area (Å²) >= 11 is 1.19. The van der Waals surface area contributed by atoms with E-state index in [4.69, 9.17) is 9.84 Å². The van der Waals surface area contributed by atoms with Gasteiger partial charge in [0, 0.05) is 12.4 Å². The van der Waals surface area contributed by atoms with Gasteiger partial charge in [-0.3, -0.25) is 9.78 Å². The Morgan fingerprint density at radius 2 is 2.14 bits per heavy atom. The molecule has 2 rings (SSSR count). The molecule has 114 valence electrons. The first-order valence-corrected chi connectivity index (χ1v) is 7.52. The van der Waals surface area contributed by atoms with Crippen LogP contribution in [0.4, 0.5) is 0 Å². The first-order valence-electron chi connectivity index (χ1n) is 6.54. The molecule has 0 saturated carbocycles. The quantitative estimate of drug-likeness (QED) is 0.379. The lowest BCUT2D eigenvalue weighted by molar-refractivity contribution is -0.139. The first kappa shape index (κ1) is 16.0. The SMILES string of the molecule is C/C(O)=C/COC(=O)CSc1nccc(-c2ccccn2)n1. The number of aromatic nitrogens is 3. The zero-order valence-electron chi connectivity index (χ0n) is 12.0. The first-order chi connectivity index (χ1) is 10.6. The van der Waals surface area contributed by atoms with Gasteiger partial charge in [0.2, 0.25) is 0 Å². The van der Waals surface area contributed by atoms with Gasteiger partial charge in [-0.25, -0.2) is 9.97 Å². The van der Waals surface area contributed by atoms with Crippen LogP contribution in [-0.4, -0.2) is 38.4 Å². The maximum absolute atomic E-state index is 11.5. The van der Waals surface area contributed by atoms with E-state index in [-0.39, 0.29) is 18.1 Å². The van der Waals surface area contributed by atoms with Crippen LogP contribution in [0.3, 0.4) is 0 Å². The van der Waals surface area contributed by atoms with Crippen molar-refractivity contribution in [1.82, 2.24) is 15.0 Å². The minimum atomic E-state index is -0.394. The summed E-state index contributed by atoms with van der Waals surface area (Å²) in [6, 6.07) is 7.33. The molecule has 0 fully saturated rings. The smallest absolute Gasteiger partial charge is 0.316 e. The number of allylic oxidation sites excluding steroid dienone is 1. The molecule has 1 N–H and O–H groups in total. The van der Waals surface area contributed by atoms with Crippen molar-refractivity contribution in [2.24, 2.45) is 0 Å². The fraction of sp³-hybridized carbons (Fsp3) is 0.200. The fourth-order valence-corrected chi connectivity index (χ4v) is 2.12. The van der Waals surface area contributed by atoms with E-state index in [1.54, 1.807) is 18.5 Å². The largest absolute Gasteiger partial charge is 0.513 e. The number of thioether (sulfide) groups is 1. The van der Waals surface area contributed by atoms with Crippen LogP contribution >= 0.6 is 11.8 Å². The van der Waals surface area contributed by atoms with Crippen LogP contribution in [0.1, 0.15) is 6.92 Å². The Balaban J connectivity index is 1.91. The van der Waals surface area contributed by atoms with Gasteiger partial charge in [0.1, 0.15) is 6.61 Å². The number of esters is 1. The molecule has 0 aliphatic heterocycles. The molecule has 0 aliphatic rings. The average molecular weight is 317 g/mol. The molecule has 6 nitrogen and oxygen atoms in total. The number of aliphatic hydroxyl groups excluding tert-OH is 1. The molecule has 2 heterocycles. The monoisotopic (exact) mass is 317 g/mol. The van der Waals surface area contributed by atoms with E-state index < -0.39 is 5.97 Å². The van der Waals surface area contributed by atoms with E-state index in [9.17, 15) is 4.79 Å². The lowest BCUT2D eigenvalue weighted by atomic mass is 10.3. The highest BCUT2D eigenvalue weighted by atomic mass is 32.2. The molecule has 22 heavy (non-hydrogen) atoms. The zero-order valence-corrected chi connectivity index (χ0v) is 12.8. The van der Waals surface area contributed by atoms with Crippen molar-refractivity contribution in [2.45, 2.75) is 12.1 Å². The minimum Gasteiger partial charge on any atom is -0.513 e. The summed E-state index contributed by atoms with van der Waals surface area (Å²) < 4.78 is 4.93. The van der Waals surface area contributed by atoms with Crippen LogP contribution in [0.15, 0.2) is 53.7 Å². The molecule has 0 bridgehead atoms. The predicted octanol–water partition coefficient (Wildman–Crippen LogP) is 2.64. The number of carbonyl (C=O) groups is 1. The Morgan fingerprint density at radius 3 is 2.86 bits per heavy atom. The number of carbonyl (C=O) groups excluding carboxylic acids is 1. The van der Waals surface area contributed by atoms with Crippen LogP contribution in [0, 0.1) is 0 Å². The second-order valence-electron chi connectivity index (χ2n) is 4.26. The van der Waals surface area contributed by atoms with E-state index in [0.29, 0.717) is 10.9 Å². The Hall–Kier alpha value is -2.41. The summed E-state index contributed by atoms with van der Waals surface area (Å²) in [5.41, 5.74) is 1.45. The maximum Gasteiger partial charge on any atom is 0.316 e. The average Bonchev–Trinajstić information content (AvgIpc) is 2.54. The molecule has 0 unspecified atom stereocenters. The number of aliphatic hydroxyl groups is 1. The topological polar surface area (TPSA) is 85.2 Å². The highest BCUT2D eigenvalue weighted by Gasteiger charge is 2.07. The second-order valence-corrected chi connectivity index (χ2v) is 5.20. The molecule has 0 atom stereocenters. The molecule has 0 amide bonds. The molecule has 0 saturated heterocycles. The van der Waals surface area contributed by atoms with Gasteiger partial charge in [-0.05, 0) is 31.2 Å². The molecular weight excluding hydrogens is 302 g/mol. The van der Waals surface area contributed by atoms with Crippen LogP contribution < -0.4 is 0 Å². The van der Waals surface area contributed by atoms with E-state index >= 15 is 0 Å². The maximum atomic E-state index is 11.5. The number of hydrogen-bond acceptors (Lipinski definition) is 7. The van der Waals surface area contributed by atoms with E-state index in [1.807, 2.05) is 18.2 Å². The lowest BCUT2D eigenvalue weighted by Gasteiger charge is -2.03. The molecule has 7 heteroatoms. The van der Waals surface area contributed by atoms with E-state index in [0.717, 1.165) is 5.69 Å². The van der Waals surface area contributed by atoms with Crippen LogP contribution in [0.25, 0.3) is 11.4 Å². The highest BCUT2D eigenvalue weighted by molar-refractivity contribution is 7.99. The predicted molar refractivity (Wildman–Crippen MR) is 83.3 cm³/mol. The third-order valence-corrected chi connectivity index (χ3v) is 3.34. The Kier molecular flexibility index (Phi) is 5.91. The Labute approximate surface area is 132 Å². The summed E-state index contributed by atoms with van der Waals surface area (Å²) in [6.07, 6.45) is 4.74. The van der Waals surface area contributed by atoms with Gasteiger partial charge in [0.05, 0.1) is 22.9 Å². The number of hydrogen-bond donors (Lipinski definition) is 1. The van der Waals surface area contributed by atoms with Crippen molar-refractivity contribution in [1.29, 1.82) is 0 Å². The normalized spacial score (nSPS) is 11.2. The lowest BCUT2D eigenvalue weighted by Crippen LogP contribution is -2.08. The minimum absolute atomic E-state index is 0.0521. The van der Waals surface area contributed by atoms with Crippen molar-refractivity contribution in [3.05, 3.63) is 48.5 Å². The highest BCUT2D eigenvalue weighted by Crippen LogP contribution is 2.18. The van der Waals surface area contributed by atoms with Gasteiger partial charge in [-0.1, -0.05) is 17.8 Å². The molecular formula is C15H15N3O3S. The summed E-state index contributed by atoms with van der Waals surface area (Å²) in [4.78, 5) is 24.2. The van der Waals surface area contributed by atoms with Crippen LogP contribution in [-0.2, 0) is 9.53 Å². The van der Waals surface area contributed by atoms with E-state index in [2.05, 4.69) is 15.0 Å². The molecule has 2 aromatic heterocycles. The summed E-state index contributed by atoms with van der Waals surface area (Å²) in [6.45, 7) is 1.57. The molecule has 0 aliphatic carbocycles. The summed E-state index contributed by atoms with van der Waals surface area (Å²) in [5, 5.41) is 9.43. The van der Waals surface area contributed by atoms with Gasteiger partial charge in [-0.2, -0.15) is 0 Å². The van der Waals surface area contributed by atoms with Gasteiger partial charge in [0.15, 0.2) is 5.16 Å². The van der Waals surface area contributed by atoms with Crippen LogP contribution in [0.5, 0.6) is 0 Å². The van der Waals surface area contributed by atoms with Gasteiger partial charge in [0.25, 0.3) is 0 Å². The van der Waals surface area contributed by atoms with Crippen molar-refractivity contribution < 1.29 is 14.6 Å². The molecule has 0 radical (unpaired) electrons. The zero-order chi connectivity index (χ0) is 15.8. The molecule has 2 aromatic rings. The van der Waals surface area contributed by atoms with Crippen molar-refractivity contribution in [3.63, 3.8) is 0 Å². The molecule has 0 spiro atoms. The Bertz CT molecular complexity index is 658. The van der Waals surface area contributed by atoms with Crippen molar-refractivity contribution in [2.75, 3.05) is 12.4 Å². The summed E-state index contributed by atoms with van der Waals surface area (Å²) in [7, 11) is 0. The third kappa shape index (κ3) is 5.17. The number of rotatable bonds is 6. The van der Waals surface area contributed by atoms with Gasteiger partial charge >= 0.3 is 5.97 Å². The fourth-order valence-electron chi connectivity index (χ4n) is 1.49. The number of ether oxygens (including phenoxy) is 1. The number of pyridine rings is 1. The van der Waals surface area contributed by atoms with Gasteiger partial charge in [-0.15, -0.1) is 0 Å². The van der Waals surface area contributed by atoms with Gasteiger partial charge < -0.3 is 9.84 Å². The number of nitrogens with zero attached hydrogens (tertiary/aromatic N) is 3. The van der Waals surface area contributed by atoms with Crippen molar-refractivity contribution >= 4 is 17.7 Å².